The topological polar surface area (TPSA) is 26.3 Å². The van der Waals surface area contributed by atoms with Crippen molar-refractivity contribution in [1.82, 2.24) is 0 Å². The lowest BCUT2D eigenvalue weighted by Gasteiger charge is -2.42. The molecule has 0 saturated heterocycles. The quantitative estimate of drug-likeness (QED) is 0.432. The molecule has 0 spiro atoms. The van der Waals surface area contributed by atoms with Crippen LogP contribution in [0.2, 0.25) is 0 Å². The first-order chi connectivity index (χ1) is 10.2. The minimum atomic E-state index is -0.214. The summed E-state index contributed by atoms with van der Waals surface area (Å²) in [5, 5.41) is 0. The van der Waals surface area contributed by atoms with Crippen LogP contribution in [0.3, 0.4) is 0 Å². The van der Waals surface area contributed by atoms with Crippen molar-refractivity contribution >= 4 is 5.78 Å². The first-order valence-electron chi connectivity index (χ1n) is 8.99. The van der Waals surface area contributed by atoms with Gasteiger partial charge in [0.05, 0.1) is 7.11 Å². The zero-order valence-corrected chi connectivity index (χ0v) is 15.8. The van der Waals surface area contributed by atoms with Crippen molar-refractivity contribution in [3.63, 3.8) is 0 Å². The SMILES string of the molecule is CCC(CC)(CC)C(=O)/C=C(\OC)C1(C)CCC(C)(C)CC1. The lowest BCUT2D eigenvalue weighted by Crippen LogP contribution is -2.33. The van der Waals surface area contributed by atoms with Gasteiger partial charge in [0.2, 0.25) is 0 Å². The Bertz CT molecular complexity index is 395. The van der Waals surface area contributed by atoms with Crippen molar-refractivity contribution in [2.75, 3.05) is 7.11 Å². The summed E-state index contributed by atoms with van der Waals surface area (Å²) in [6.07, 6.45) is 9.11. The number of hydrogen-bond donors (Lipinski definition) is 0. The molecule has 0 aliphatic heterocycles. The molecule has 0 aromatic rings. The zero-order chi connectivity index (χ0) is 17.0. The van der Waals surface area contributed by atoms with E-state index in [1.807, 2.05) is 6.08 Å². The molecule has 22 heavy (non-hydrogen) atoms. The highest BCUT2D eigenvalue weighted by atomic mass is 16.5. The molecule has 1 aliphatic rings. The third-order valence-corrected chi connectivity index (χ3v) is 6.34. The molecule has 0 aromatic carbocycles. The second kappa shape index (κ2) is 7.19. The van der Waals surface area contributed by atoms with Crippen LogP contribution in [-0.4, -0.2) is 12.9 Å². The molecule has 0 N–H and O–H groups in total. The summed E-state index contributed by atoms with van der Waals surface area (Å²) in [5.74, 6) is 1.15. The molecule has 0 atom stereocenters. The van der Waals surface area contributed by atoms with Gasteiger partial charge in [0, 0.05) is 16.9 Å². The predicted octanol–water partition coefficient (Wildman–Crippen LogP) is 5.91. The Kier molecular flexibility index (Phi) is 6.29. The van der Waals surface area contributed by atoms with Gasteiger partial charge in [-0.2, -0.15) is 0 Å². The van der Waals surface area contributed by atoms with Crippen molar-refractivity contribution in [3.05, 3.63) is 11.8 Å². The van der Waals surface area contributed by atoms with Gasteiger partial charge in [-0.15, -0.1) is 0 Å². The minimum Gasteiger partial charge on any atom is -0.500 e. The molecule has 1 rings (SSSR count). The van der Waals surface area contributed by atoms with E-state index in [0.717, 1.165) is 37.9 Å². The molecular formula is C20H36O2. The summed E-state index contributed by atoms with van der Waals surface area (Å²) in [6.45, 7) is 13.3. The average molecular weight is 309 g/mol. The average Bonchev–Trinajstić information content (AvgIpc) is 2.50. The molecule has 0 heterocycles. The Balaban J connectivity index is 3.02. The maximum atomic E-state index is 12.9. The second-order valence-corrected chi connectivity index (χ2v) is 8.14. The molecule has 0 amide bonds. The molecule has 0 radical (unpaired) electrons. The Labute approximate surface area is 137 Å². The van der Waals surface area contributed by atoms with E-state index in [4.69, 9.17) is 4.74 Å². The van der Waals surface area contributed by atoms with Gasteiger partial charge in [-0.05, 0) is 50.4 Å². The smallest absolute Gasteiger partial charge is 0.165 e. The van der Waals surface area contributed by atoms with Gasteiger partial charge in [-0.3, -0.25) is 4.79 Å². The van der Waals surface area contributed by atoms with E-state index < -0.39 is 0 Å². The van der Waals surface area contributed by atoms with Gasteiger partial charge >= 0.3 is 0 Å². The molecule has 2 heteroatoms. The Hall–Kier alpha value is -0.790. The van der Waals surface area contributed by atoms with Crippen LogP contribution < -0.4 is 0 Å². The van der Waals surface area contributed by atoms with Gasteiger partial charge in [0.15, 0.2) is 5.78 Å². The van der Waals surface area contributed by atoms with E-state index in [9.17, 15) is 4.79 Å². The largest absolute Gasteiger partial charge is 0.500 e. The van der Waals surface area contributed by atoms with Crippen molar-refractivity contribution in [3.8, 4) is 0 Å². The number of carbonyl (C=O) groups excluding carboxylic acids is 1. The van der Waals surface area contributed by atoms with Gasteiger partial charge in [0.25, 0.3) is 0 Å². The number of rotatable bonds is 7. The molecule has 128 valence electrons. The molecule has 2 nitrogen and oxygen atoms in total. The van der Waals surface area contributed by atoms with E-state index >= 15 is 0 Å². The fraction of sp³-hybridized carbons (Fsp3) is 0.850. The summed E-state index contributed by atoms with van der Waals surface area (Å²) < 4.78 is 5.70. The highest BCUT2D eigenvalue weighted by Crippen LogP contribution is 2.49. The number of carbonyl (C=O) groups is 1. The Morgan fingerprint density at radius 1 is 1.00 bits per heavy atom. The number of allylic oxidation sites excluding steroid dienone is 2. The van der Waals surface area contributed by atoms with Crippen molar-refractivity contribution in [1.29, 1.82) is 0 Å². The maximum Gasteiger partial charge on any atom is 0.165 e. The van der Waals surface area contributed by atoms with Crippen LogP contribution in [0.1, 0.15) is 86.5 Å². The molecule has 1 aliphatic carbocycles. The third kappa shape index (κ3) is 3.94. The molecule has 0 bridgehead atoms. The summed E-state index contributed by atoms with van der Waals surface area (Å²) >= 11 is 0. The van der Waals surface area contributed by atoms with Gasteiger partial charge in [0.1, 0.15) is 5.76 Å². The van der Waals surface area contributed by atoms with Crippen LogP contribution in [0.4, 0.5) is 0 Å². The Morgan fingerprint density at radius 3 is 1.82 bits per heavy atom. The van der Waals surface area contributed by atoms with Crippen molar-refractivity contribution < 1.29 is 9.53 Å². The van der Waals surface area contributed by atoms with E-state index in [1.165, 1.54) is 12.8 Å². The predicted molar refractivity (Wildman–Crippen MR) is 93.8 cm³/mol. The first kappa shape index (κ1) is 19.3. The minimum absolute atomic E-state index is 0.0148. The second-order valence-electron chi connectivity index (χ2n) is 8.14. The first-order valence-corrected chi connectivity index (χ1v) is 8.99. The van der Waals surface area contributed by atoms with E-state index in [1.54, 1.807) is 7.11 Å². The number of ether oxygens (including phenoxy) is 1. The van der Waals surface area contributed by atoms with Crippen molar-refractivity contribution in [2.45, 2.75) is 86.5 Å². The molecule has 0 unspecified atom stereocenters. The third-order valence-electron chi connectivity index (χ3n) is 6.34. The summed E-state index contributed by atoms with van der Waals surface area (Å²) in [6, 6.07) is 0. The summed E-state index contributed by atoms with van der Waals surface area (Å²) in [5.41, 5.74) is 0.220. The van der Waals surface area contributed by atoms with Crippen LogP contribution in [0.5, 0.6) is 0 Å². The molecule has 1 fully saturated rings. The summed E-state index contributed by atoms with van der Waals surface area (Å²) in [4.78, 5) is 12.9. The fourth-order valence-corrected chi connectivity index (χ4v) is 3.75. The highest BCUT2D eigenvalue weighted by molar-refractivity contribution is 5.95. The van der Waals surface area contributed by atoms with Gasteiger partial charge in [-0.25, -0.2) is 0 Å². The van der Waals surface area contributed by atoms with Gasteiger partial charge < -0.3 is 4.74 Å². The Morgan fingerprint density at radius 2 is 1.45 bits per heavy atom. The van der Waals surface area contributed by atoms with Crippen LogP contribution in [-0.2, 0) is 9.53 Å². The fourth-order valence-electron chi connectivity index (χ4n) is 3.75. The molecule has 0 aromatic heterocycles. The number of hydrogen-bond acceptors (Lipinski definition) is 2. The van der Waals surface area contributed by atoms with Crippen LogP contribution in [0.15, 0.2) is 11.8 Å². The molecular weight excluding hydrogens is 272 g/mol. The normalized spacial score (nSPS) is 21.5. The van der Waals surface area contributed by atoms with Crippen LogP contribution >= 0.6 is 0 Å². The van der Waals surface area contributed by atoms with E-state index in [0.29, 0.717) is 5.41 Å². The van der Waals surface area contributed by atoms with E-state index in [-0.39, 0.29) is 16.6 Å². The summed E-state index contributed by atoms with van der Waals surface area (Å²) in [7, 11) is 1.72. The lowest BCUT2D eigenvalue weighted by molar-refractivity contribution is -0.124. The lowest BCUT2D eigenvalue weighted by atomic mass is 9.64. The van der Waals surface area contributed by atoms with Crippen LogP contribution in [0, 0.1) is 16.2 Å². The molecule has 1 saturated carbocycles. The highest BCUT2D eigenvalue weighted by Gasteiger charge is 2.40. The maximum absolute atomic E-state index is 12.9. The van der Waals surface area contributed by atoms with E-state index in [2.05, 4.69) is 41.5 Å². The monoisotopic (exact) mass is 308 g/mol. The van der Waals surface area contributed by atoms with Crippen LogP contribution in [0.25, 0.3) is 0 Å². The number of methoxy groups -OCH3 is 1. The number of ketones is 1. The standard InChI is InChI=1S/C20H36O2/c1-8-20(9-2,10-3)16(21)15-17(22-7)19(6)13-11-18(4,5)12-14-19/h15H,8-14H2,1-7H3/b17-15-. The zero-order valence-electron chi connectivity index (χ0n) is 15.8. The van der Waals surface area contributed by atoms with Gasteiger partial charge in [-0.1, -0.05) is 41.5 Å². The van der Waals surface area contributed by atoms with Crippen molar-refractivity contribution in [2.24, 2.45) is 16.2 Å².